The lowest BCUT2D eigenvalue weighted by atomic mass is 10.1. The van der Waals surface area contributed by atoms with Crippen molar-refractivity contribution in [3.05, 3.63) is 57.6 Å². The van der Waals surface area contributed by atoms with Crippen molar-refractivity contribution in [2.45, 2.75) is 6.42 Å². The van der Waals surface area contributed by atoms with Crippen molar-refractivity contribution in [3.8, 4) is 11.5 Å². The van der Waals surface area contributed by atoms with Gasteiger partial charge in [-0.05, 0) is 36.2 Å². The number of hydrogen-bond donors (Lipinski definition) is 1. The number of benzene rings is 2. The first-order chi connectivity index (χ1) is 12.9. The van der Waals surface area contributed by atoms with Gasteiger partial charge in [0.2, 0.25) is 0 Å². The topological polar surface area (TPSA) is 73.9 Å². The Bertz CT molecular complexity index is 803. The van der Waals surface area contributed by atoms with Gasteiger partial charge >= 0.3 is 5.97 Å². The minimum atomic E-state index is -0.650. The van der Waals surface area contributed by atoms with E-state index in [1.54, 1.807) is 24.3 Å². The molecule has 0 aromatic heterocycles. The predicted octanol–water partition coefficient (Wildman–Crippen LogP) is 3.53. The summed E-state index contributed by atoms with van der Waals surface area (Å²) in [5.41, 5.74) is 1.09. The average molecular weight is 412 g/mol. The minimum absolute atomic E-state index is 0.229. The van der Waals surface area contributed by atoms with Gasteiger partial charge in [-0.2, -0.15) is 0 Å². The third-order valence-electron chi connectivity index (χ3n) is 3.65. The van der Waals surface area contributed by atoms with Gasteiger partial charge in [0.1, 0.15) is 11.5 Å². The summed E-state index contributed by atoms with van der Waals surface area (Å²) in [7, 11) is 2.95. The highest BCUT2D eigenvalue weighted by molar-refractivity contribution is 6.35. The second kappa shape index (κ2) is 10.0. The molecule has 0 aliphatic rings. The number of carbonyl (C=O) groups excluding carboxylic acids is 2. The summed E-state index contributed by atoms with van der Waals surface area (Å²) in [5.74, 6) is -0.164. The van der Waals surface area contributed by atoms with E-state index >= 15 is 0 Å². The number of carbonyl (C=O) groups is 2. The monoisotopic (exact) mass is 411 g/mol. The molecule has 0 aliphatic carbocycles. The molecule has 0 unspecified atom stereocenters. The highest BCUT2D eigenvalue weighted by Gasteiger charge is 2.13. The van der Waals surface area contributed by atoms with Crippen molar-refractivity contribution in [3.63, 3.8) is 0 Å². The van der Waals surface area contributed by atoms with Gasteiger partial charge in [0, 0.05) is 22.7 Å². The molecule has 8 heteroatoms. The molecule has 2 rings (SSSR count). The summed E-state index contributed by atoms with van der Waals surface area (Å²) >= 11 is 11.9. The average Bonchev–Trinajstić information content (AvgIpc) is 2.67. The molecular weight excluding hydrogens is 393 g/mol. The van der Waals surface area contributed by atoms with Crippen molar-refractivity contribution in [1.82, 2.24) is 5.32 Å². The number of esters is 1. The van der Waals surface area contributed by atoms with Crippen LogP contribution in [0.5, 0.6) is 11.5 Å². The van der Waals surface area contributed by atoms with Crippen LogP contribution in [0.2, 0.25) is 10.0 Å². The number of nitrogens with one attached hydrogen (secondary N) is 1. The quantitative estimate of drug-likeness (QED) is 0.672. The SMILES string of the molecule is COc1cc(OC)cc(C(=O)OCC(=O)NCCc2ccc(Cl)cc2Cl)c1. The van der Waals surface area contributed by atoms with Crippen LogP contribution in [-0.4, -0.2) is 39.2 Å². The van der Waals surface area contributed by atoms with E-state index in [0.717, 1.165) is 5.56 Å². The maximum absolute atomic E-state index is 12.1. The van der Waals surface area contributed by atoms with Gasteiger partial charge in [-0.15, -0.1) is 0 Å². The lowest BCUT2D eigenvalue weighted by Gasteiger charge is -2.09. The van der Waals surface area contributed by atoms with Gasteiger partial charge in [0.05, 0.1) is 19.8 Å². The first kappa shape index (κ1) is 20.9. The fourth-order valence-corrected chi connectivity index (χ4v) is 2.75. The van der Waals surface area contributed by atoms with Crippen LogP contribution in [0.15, 0.2) is 36.4 Å². The minimum Gasteiger partial charge on any atom is -0.497 e. The number of ether oxygens (including phenoxy) is 3. The van der Waals surface area contributed by atoms with Crippen LogP contribution < -0.4 is 14.8 Å². The molecular formula is C19H19Cl2NO5. The lowest BCUT2D eigenvalue weighted by Crippen LogP contribution is -2.30. The number of methoxy groups -OCH3 is 2. The van der Waals surface area contributed by atoms with Gasteiger partial charge in [-0.25, -0.2) is 4.79 Å². The van der Waals surface area contributed by atoms with Crippen LogP contribution in [0.4, 0.5) is 0 Å². The molecule has 0 saturated carbocycles. The second-order valence-corrected chi connectivity index (χ2v) is 6.36. The van der Waals surface area contributed by atoms with Crippen molar-refractivity contribution < 1.29 is 23.8 Å². The summed E-state index contributed by atoms with van der Waals surface area (Å²) in [4.78, 5) is 24.0. The summed E-state index contributed by atoms with van der Waals surface area (Å²) in [6.07, 6.45) is 0.531. The molecule has 1 N–H and O–H groups in total. The van der Waals surface area contributed by atoms with Gasteiger partial charge in [0.25, 0.3) is 5.91 Å². The lowest BCUT2D eigenvalue weighted by molar-refractivity contribution is -0.124. The summed E-state index contributed by atoms with van der Waals surface area (Å²) < 4.78 is 15.2. The van der Waals surface area contributed by atoms with Crippen molar-refractivity contribution in [1.29, 1.82) is 0 Å². The van der Waals surface area contributed by atoms with E-state index in [1.807, 2.05) is 0 Å². The maximum Gasteiger partial charge on any atom is 0.338 e. The van der Waals surface area contributed by atoms with Crippen molar-refractivity contribution in [2.75, 3.05) is 27.4 Å². The predicted molar refractivity (Wildman–Crippen MR) is 103 cm³/mol. The van der Waals surface area contributed by atoms with Crippen LogP contribution in [-0.2, 0) is 16.0 Å². The van der Waals surface area contributed by atoms with Crippen molar-refractivity contribution >= 4 is 35.1 Å². The molecule has 0 spiro atoms. The molecule has 0 atom stereocenters. The molecule has 2 aromatic rings. The van der Waals surface area contributed by atoms with Crippen LogP contribution in [0, 0.1) is 0 Å². The molecule has 0 heterocycles. The van der Waals surface area contributed by atoms with E-state index in [-0.39, 0.29) is 5.56 Å². The van der Waals surface area contributed by atoms with E-state index in [0.29, 0.717) is 34.5 Å². The zero-order chi connectivity index (χ0) is 19.8. The fraction of sp³-hybridized carbons (Fsp3) is 0.263. The summed E-state index contributed by atoms with van der Waals surface area (Å²) in [6.45, 7) is -0.0442. The van der Waals surface area contributed by atoms with Gasteiger partial charge < -0.3 is 19.5 Å². The molecule has 144 valence electrons. The third-order valence-corrected chi connectivity index (χ3v) is 4.24. The van der Waals surface area contributed by atoms with E-state index < -0.39 is 18.5 Å². The number of halogens is 2. The van der Waals surface area contributed by atoms with Crippen LogP contribution >= 0.6 is 23.2 Å². The van der Waals surface area contributed by atoms with E-state index in [1.165, 1.54) is 26.4 Å². The Morgan fingerprint density at radius 1 is 1.00 bits per heavy atom. The Morgan fingerprint density at radius 2 is 1.67 bits per heavy atom. The second-order valence-electron chi connectivity index (χ2n) is 5.51. The smallest absolute Gasteiger partial charge is 0.338 e. The van der Waals surface area contributed by atoms with Gasteiger partial charge in [0.15, 0.2) is 6.61 Å². The first-order valence-electron chi connectivity index (χ1n) is 8.03. The molecule has 0 bridgehead atoms. The molecule has 0 radical (unpaired) electrons. The molecule has 6 nitrogen and oxygen atoms in total. The Morgan fingerprint density at radius 3 is 2.26 bits per heavy atom. The zero-order valence-electron chi connectivity index (χ0n) is 14.9. The number of amides is 1. The Labute approximate surface area is 167 Å². The largest absolute Gasteiger partial charge is 0.497 e. The normalized spacial score (nSPS) is 10.2. The Kier molecular flexibility index (Phi) is 7.76. The zero-order valence-corrected chi connectivity index (χ0v) is 16.4. The number of hydrogen-bond acceptors (Lipinski definition) is 5. The van der Waals surface area contributed by atoms with Gasteiger partial charge in [-0.3, -0.25) is 4.79 Å². The molecule has 2 aromatic carbocycles. The molecule has 0 aliphatic heterocycles. The highest BCUT2D eigenvalue weighted by Crippen LogP contribution is 2.23. The maximum atomic E-state index is 12.1. The summed E-state index contributed by atoms with van der Waals surface area (Å²) in [5, 5.41) is 3.75. The fourth-order valence-electron chi connectivity index (χ4n) is 2.25. The number of rotatable bonds is 8. The van der Waals surface area contributed by atoms with E-state index in [2.05, 4.69) is 5.32 Å². The van der Waals surface area contributed by atoms with E-state index in [4.69, 9.17) is 37.4 Å². The van der Waals surface area contributed by atoms with Crippen molar-refractivity contribution in [2.24, 2.45) is 0 Å². The standard InChI is InChI=1S/C19H19Cl2NO5/c1-25-15-7-13(8-16(10-15)26-2)19(24)27-11-18(23)22-6-5-12-3-4-14(20)9-17(12)21/h3-4,7-10H,5-6,11H2,1-2H3,(H,22,23). The van der Waals surface area contributed by atoms with Crippen LogP contribution in [0.25, 0.3) is 0 Å². The van der Waals surface area contributed by atoms with E-state index in [9.17, 15) is 9.59 Å². The summed E-state index contributed by atoms with van der Waals surface area (Å²) in [6, 6.07) is 9.81. The third kappa shape index (κ3) is 6.34. The highest BCUT2D eigenvalue weighted by atomic mass is 35.5. The van der Waals surface area contributed by atoms with Gasteiger partial charge in [-0.1, -0.05) is 29.3 Å². The Hall–Kier alpha value is -2.44. The van der Waals surface area contributed by atoms with Crippen LogP contribution in [0.1, 0.15) is 15.9 Å². The van der Waals surface area contributed by atoms with Crippen LogP contribution in [0.3, 0.4) is 0 Å². The molecule has 0 saturated heterocycles. The first-order valence-corrected chi connectivity index (χ1v) is 8.79. The molecule has 1 amide bonds. The Balaban J connectivity index is 1.82. The molecule has 0 fully saturated rings. The molecule has 27 heavy (non-hydrogen) atoms.